The van der Waals surface area contributed by atoms with Crippen LogP contribution in [0.25, 0.3) is 0 Å². The lowest BCUT2D eigenvalue weighted by molar-refractivity contribution is 0.0632. The number of ether oxygens (including phenoxy) is 2. The second-order valence-corrected chi connectivity index (χ2v) is 5.23. The Morgan fingerprint density at radius 1 is 1.47 bits per heavy atom. The number of rotatable bonds is 8. The van der Waals surface area contributed by atoms with Gasteiger partial charge in [0.25, 0.3) is 0 Å². The van der Waals surface area contributed by atoms with Crippen molar-refractivity contribution in [3.8, 4) is 5.88 Å². The minimum Gasteiger partial charge on any atom is -0.472 e. The Kier molecular flexibility index (Phi) is 5.43. The van der Waals surface area contributed by atoms with Gasteiger partial charge >= 0.3 is 0 Å². The van der Waals surface area contributed by atoms with Crippen LogP contribution in [0, 0.1) is 0 Å². The van der Waals surface area contributed by atoms with E-state index in [2.05, 4.69) is 10.3 Å². The summed E-state index contributed by atoms with van der Waals surface area (Å²) in [6.45, 7) is 5.89. The van der Waals surface area contributed by atoms with E-state index in [9.17, 15) is 0 Å². The SMILES string of the molecule is CCOCC(C)Oc1ccc(Cl)c(CNC2CC2)n1. The molecule has 0 spiro atoms. The van der Waals surface area contributed by atoms with Gasteiger partial charge in [-0.1, -0.05) is 11.6 Å². The van der Waals surface area contributed by atoms with Crippen molar-refractivity contribution in [2.45, 2.75) is 45.4 Å². The molecule has 0 aliphatic heterocycles. The molecule has 0 aromatic carbocycles. The van der Waals surface area contributed by atoms with Crippen LogP contribution < -0.4 is 10.1 Å². The summed E-state index contributed by atoms with van der Waals surface area (Å²) < 4.78 is 11.0. The van der Waals surface area contributed by atoms with Crippen molar-refractivity contribution in [1.29, 1.82) is 0 Å². The van der Waals surface area contributed by atoms with Gasteiger partial charge in [0.2, 0.25) is 5.88 Å². The van der Waals surface area contributed by atoms with E-state index in [1.807, 2.05) is 19.9 Å². The van der Waals surface area contributed by atoms with Crippen LogP contribution in [0.1, 0.15) is 32.4 Å². The summed E-state index contributed by atoms with van der Waals surface area (Å²) in [7, 11) is 0. The van der Waals surface area contributed by atoms with Crippen LogP contribution >= 0.6 is 11.6 Å². The zero-order chi connectivity index (χ0) is 13.7. The average molecular weight is 285 g/mol. The molecule has 5 heteroatoms. The maximum absolute atomic E-state index is 6.14. The van der Waals surface area contributed by atoms with Gasteiger partial charge in [0, 0.05) is 25.3 Å². The maximum atomic E-state index is 6.14. The van der Waals surface area contributed by atoms with Gasteiger partial charge < -0.3 is 14.8 Å². The Morgan fingerprint density at radius 3 is 2.95 bits per heavy atom. The van der Waals surface area contributed by atoms with Crippen LogP contribution in [0.2, 0.25) is 5.02 Å². The number of halogens is 1. The monoisotopic (exact) mass is 284 g/mol. The predicted octanol–water partition coefficient (Wildman–Crippen LogP) is 2.79. The lowest BCUT2D eigenvalue weighted by atomic mass is 10.3. The Hall–Kier alpha value is -0.840. The van der Waals surface area contributed by atoms with Gasteiger partial charge in [0.15, 0.2) is 0 Å². The van der Waals surface area contributed by atoms with Crippen LogP contribution in [-0.2, 0) is 11.3 Å². The van der Waals surface area contributed by atoms with E-state index in [0.29, 0.717) is 36.7 Å². The molecule has 19 heavy (non-hydrogen) atoms. The molecule has 1 atom stereocenters. The van der Waals surface area contributed by atoms with Crippen LogP contribution in [0.5, 0.6) is 5.88 Å². The number of hydrogen-bond acceptors (Lipinski definition) is 4. The van der Waals surface area contributed by atoms with Crippen molar-refractivity contribution in [3.05, 3.63) is 22.8 Å². The van der Waals surface area contributed by atoms with Crippen molar-refractivity contribution in [3.63, 3.8) is 0 Å². The van der Waals surface area contributed by atoms with Crippen molar-refractivity contribution in [2.75, 3.05) is 13.2 Å². The Labute approximate surface area is 119 Å². The largest absolute Gasteiger partial charge is 0.472 e. The van der Waals surface area contributed by atoms with Gasteiger partial charge in [-0.25, -0.2) is 4.98 Å². The van der Waals surface area contributed by atoms with E-state index < -0.39 is 0 Å². The van der Waals surface area contributed by atoms with Crippen molar-refractivity contribution >= 4 is 11.6 Å². The maximum Gasteiger partial charge on any atom is 0.213 e. The zero-order valence-electron chi connectivity index (χ0n) is 11.5. The Bertz CT molecular complexity index is 410. The second-order valence-electron chi connectivity index (χ2n) is 4.82. The lowest BCUT2D eigenvalue weighted by Gasteiger charge is -2.15. The molecule has 1 heterocycles. The van der Waals surface area contributed by atoms with E-state index in [1.165, 1.54) is 12.8 Å². The first kappa shape index (κ1) is 14.6. The zero-order valence-corrected chi connectivity index (χ0v) is 12.2. The van der Waals surface area contributed by atoms with E-state index >= 15 is 0 Å². The molecule has 0 saturated heterocycles. The molecule has 1 unspecified atom stereocenters. The number of nitrogens with zero attached hydrogens (tertiary/aromatic N) is 1. The second kappa shape index (κ2) is 7.08. The van der Waals surface area contributed by atoms with Crippen LogP contribution in [0.3, 0.4) is 0 Å². The first-order valence-electron chi connectivity index (χ1n) is 6.82. The van der Waals surface area contributed by atoms with Gasteiger partial charge in [0.05, 0.1) is 17.3 Å². The molecule has 0 amide bonds. The fourth-order valence-electron chi connectivity index (χ4n) is 1.71. The molecule has 1 N–H and O–H groups in total. The van der Waals surface area contributed by atoms with Crippen LogP contribution in [-0.4, -0.2) is 30.3 Å². The van der Waals surface area contributed by atoms with Crippen molar-refractivity contribution in [2.24, 2.45) is 0 Å². The molecular formula is C14H21ClN2O2. The highest BCUT2D eigenvalue weighted by molar-refractivity contribution is 6.31. The highest BCUT2D eigenvalue weighted by Gasteiger charge is 2.20. The smallest absolute Gasteiger partial charge is 0.213 e. The van der Waals surface area contributed by atoms with Gasteiger partial charge in [0.1, 0.15) is 6.10 Å². The number of aromatic nitrogens is 1. The van der Waals surface area contributed by atoms with E-state index in [1.54, 1.807) is 6.07 Å². The third-order valence-electron chi connectivity index (χ3n) is 2.91. The molecule has 0 bridgehead atoms. The summed E-state index contributed by atoms with van der Waals surface area (Å²) >= 11 is 6.14. The van der Waals surface area contributed by atoms with Gasteiger partial charge in [-0.2, -0.15) is 0 Å². The van der Waals surface area contributed by atoms with E-state index in [4.69, 9.17) is 21.1 Å². The molecule has 2 rings (SSSR count). The fourth-order valence-corrected chi connectivity index (χ4v) is 1.88. The topological polar surface area (TPSA) is 43.4 Å². The Balaban J connectivity index is 1.90. The summed E-state index contributed by atoms with van der Waals surface area (Å²) in [6, 6.07) is 4.27. The molecule has 1 aliphatic carbocycles. The molecule has 1 fully saturated rings. The van der Waals surface area contributed by atoms with E-state index in [-0.39, 0.29) is 6.10 Å². The lowest BCUT2D eigenvalue weighted by Crippen LogP contribution is -2.21. The molecule has 106 valence electrons. The first-order chi connectivity index (χ1) is 9.19. The first-order valence-corrected chi connectivity index (χ1v) is 7.20. The molecule has 4 nitrogen and oxygen atoms in total. The van der Waals surface area contributed by atoms with E-state index in [0.717, 1.165) is 5.69 Å². The van der Waals surface area contributed by atoms with Gasteiger partial charge in [-0.05, 0) is 32.8 Å². The van der Waals surface area contributed by atoms with Gasteiger partial charge in [-0.3, -0.25) is 0 Å². The normalized spacial score (nSPS) is 16.4. The highest BCUT2D eigenvalue weighted by atomic mass is 35.5. The molecule has 1 aliphatic rings. The minimum absolute atomic E-state index is 0.0159. The number of pyridine rings is 1. The van der Waals surface area contributed by atoms with Crippen molar-refractivity contribution in [1.82, 2.24) is 10.3 Å². The van der Waals surface area contributed by atoms with Crippen molar-refractivity contribution < 1.29 is 9.47 Å². The summed E-state index contributed by atoms with van der Waals surface area (Å²) in [5.74, 6) is 0.601. The Morgan fingerprint density at radius 2 is 2.26 bits per heavy atom. The number of nitrogens with one attached hydrogen (secondary N) is 1. The third-order valence-corrected chi connectivity index (χ3v) is 3.25. The highest BCUT2D eigenvalue weighted by Crippen LogP contribution is 2.22. The molecule has 1 aromatic heterocycles. The van der Waals surface area contributed by atoms with Crippen LogP contribution in [0.4, 0.5) is 0 Å². The summed E-state index contributed by atoms with van der Waals surface area (Å²) in [4.78, 5) is 4.45. The quantitative estimate of drug-likeness (QED) is 0.797. The number of hydrogen-bond donors (Lipinski definition) is 1. The molecule has 0 radical (unpaired) electrons. The standard InChI is InChI=1S/C14H21ClN2O2/c1-3-18-9-10(2)19-14-7-6-12(15)13(17-14)8-16-11-4-5-11/h6-7,10-11,16H,3-5,8-9H2,1-2H3. The van der Waals surface area contributed by atoms with Crippen LogP contribution in [0.15, 0.2) is 12.1 Å². The summed E-state index contributed by atoms with van der Waals surface area (Å²) in [5, 5.41) is 4.08. The third kappa shape index (κ3) is 4.97. The average Bonchev–Trinajstić information content (AvgIpc) is 3.21. The molecule has 1 saturated carbocycles. The molecule has 1 aromatic rings. The van der Waals surface area contributed by atoms with Gasteiger partial charge in [-0.15, -0.1) is 0 Å². The summed E-state index contributed by atoms with van der Waals surface area (Å²) in [5.41, 5.74) is 0.842. The minimum atomic E-state index is -0.0159. The summed E-state index contributed by atoms with van der Waals surface area (Å²) in [6.07, 6.45) is 2.48. The fraction of sp³-hybridized carbons (Fsp3) is 0.643. The molecular weight excluding hydrogens is 264 g/mol. The predicted molar refractivity (Wildman–Crippen MR) is 75.7 cm³/mol.